The fraction of sp³-hybridized carbons (Fsp3) is 0.529. The monoisotopic (exact) mass is 363 g/mol. The molecule has 22 heavy (non-hydrogen) atoms. The van der Waals surface area contributed by atoms with E-state index >= 15 is 0 Å². The van der Waals surface area contributed by atoms with E-state index in [2.05, 4.69) is 41.7 Å². The Morgan fingerprint density at radius 1 is 1.32 bits per heavy atom. The van der Waals surface area contributed by atoms with E-state index in [1.54, 1.807) is 0 Å². The van der Waals surface area contributed by atoms with Gasteiger partial charge in [-0.15, -0.1) is 0 Å². The van der Waals surface area contributed by atoms with Crippen LogP contribution in [0, 0.1) is 0 Å². The Morgan fingerprint density at radius 2 is 2.00 bits per heavy atom. The number of hydrogen-bond acceptors (Lipinski definition) is 2. The number of carbonyl (C=O) groups excluding carboxylic acids is 1. The van der Waals surface area contributed by atoms with Gasteiger partial charge >= 0.3 is 0 Å². The van der Waals surface area contributed by atoms with Gasteiger partial charge in [0.1, 0.15) is 11.3 Å². The van der Waals surface area contributed by atoms with Crippen LogP contribution in [0.3, 0.4) is 0 Å². The van der Waals surface area contributed by atoms with Gasteiger partial charge in [0.25, 0.3) is 5.91 Å². The lowest BCUT2D eigenvalue weighted by atomic mass is 9.97. The van der Waals surface area contributed by atoms with Crippen molar-refractivity contribution in [1.29, 1.82) is 0 Å². The Labute approximate surface area is 139 Å². The van der Waals surface area contributed by atoms with Crippen molar-refractivity contribution in [1.82, 2.24) is 14.3 Å². The van der Waals surface area contributed by atoms with Crippen molar-refractivity contribution in [2.45, 2.75) is 58.5 Å². The number of rotatable bonds is 2. The number of aryl methyl sites for hydroxylation is 1. The van der Waals surface area contributed by atoms with E-state index in [1.807, 2.05) is 27.6 Å². The highest BCUT2D eigenvalue weighted by atomic mass is 79.9. The number of carbonyl (C=O) groups is 1. The number of hydrogen-bond donors (Lipinski definition) is 0. The van der Waals surface area contributed by atoms with Crippen molar-refractivity contribution < 1.29 is 4.79 Å². The summed E-state index contributed by atoms with van der Waals surface area (Å²) < 4.78 is 2.88. The summed E-state index contributed by atoms with van der Waals surface area (Å²) >= 11 is 3.49. The van der Waals surface area contributed by atoms with Crippen molar-refractivity contribution in [3.05, 3.63) is 34.2 Å². The second-order valence-electron chi connectivity index (χ2n) is 6.18. The molecule has 0 radical (unpaired) electrons. The van der Waals surface area contributed by atoms with Gasteiger partial charge in [0.05, 0.1) is 5.69 Å². The average Bonchev–Trinajstić information content (AvgIpc) is 2.84. The molecule has 0 bridgehead atoms. The molecule has 4 nitrogen and oxygen atoms in total. The zero-order chi connectivity index (χ0) is 15.9. The summed E-state index contributed by atoms with van der Waals surface area (Å²) in [7, 11) is 0. The van der Waals surface area contributed by atoms with E-state index in [-0.39, 0.29) is 5.91 Å². The number of halogens is 1. The highest BCUT2D eigenvalue weighted by Gasteiger charge is 2.32. The molecule has 1 fully saturated rings. The first kappa shape index (κ1) is 15.5. The first-order chi connectivity index (χ1) is 10.5. The Bertz CT molecular complexity index is 699. The van der Waals surface area contributed by atoms with Crippen LogP contribution in [0.5, 0.6) is 0 Å². The smallest absolute Gasteiger partial charge is 0.273 e. The van der Waals surface area contributed by atoms with Crippen molar-refractivity contribution in [2.75, 3.05) is 0 Å². The predicted octanol–water partition coefficient (Wildman–Crippen LogP) is 4.06. The predicted molar refractivity (Wildman–Crippen MR) is 91.2 cm³/mol. The highest BCUT2D eigenvalue weighted by Crippen LogP contribution is 2.27. The largest absolute Gasteiger partial charge is 0.332 e. The number of pyridine rings is 1. The van der Waals surface area contributed by atoms with Gasteiger partial charge in [0.2, 0.25) is 0 Å². The van der Waals surface area contributed by atoms with Gasteiger partial charge in [0, 0.05) is 22.8 Å². The van der Waals surface area contributed by atoms with Crippen LogP contribution in [0.15, 0.2) is 22.8 Å². The van der Waals surface area contributed by atoms with E-state index in [0.29, 0.717) is 12.1 Å². The number of imidazole rings is 1. The Balaban J connectivity index is 2.11. The molecule has 2 unspecified atom stereocenters. The van der Waals surface area contributed by atoms with Gasteiger partial charge < -0.3 is 4.90 Å². The number of likely N-dealkylation sites (tertiary alicyclic amines) is 1. The number of fused-ring (bicyclic) bond motifs is 1. The average molecular weight is 364 g/mol. The van der Waals surface area contributed by atoms with E-state index in [9.17, 15) is 4.79 Å². The third kappa shape index (κ3) is 2.56. The van der Waals surface area contributed by atoms with Crippen LogP contribution < -0.4 is 0 Å². The second-order valence-corrected chi connectivity index (χ2v) is 7.09. The van der Waals surface area contributed by atoms with Gasteiger partial charge in [-0.25, -0.2) is 4.98 Å². The molecule has 0 spiro atoms. The minimum atomic E-state index is 0.113. The molecule has 1 aliphatic rings. The lowest BCUT2D eigenvalue weighted by molar-refractivity contribution is 0.0502. The first-order valence-electron chi connectivity index (χ1n) is 8.02. The number of aromatic nitrogens is 2. The molecule has 2 aromatic heterocycles. The summed E-state index contributed by atoms with van der Waals surface area (Å²) in [5, 5.41) is 0. The molecule has 1 aliphatic heterocycles. The van der Waals surface area contributed by atoms with Crippen LogP contribution >= 0.6 is 15.9 Å². The third-order valence-electron chi connectivity index (χ3n) is 4.62. The second kappa shape index (κ2) is 6.03. The van der Waals surface area contributed by atoms with Crippen LogP contribution in [-0.4, -0.2) is 32.3 Å². The maximum Gasteiger partial charge on any atom is 0.273 e. The van der Waals surface area contributed by atoms with Crippen molar-refractivity contribution >= 4 is 27.5 Å². The fourth-order valence-corrected chi connectivity index (χ4v) is 3.82. The lowest BCUT2D eigenvalue weighted by Crippen LogP contribution is -2.48. The van der Waals surface area contributed by atoms with Gasteiger partial charge in [-0.3, -0.25) is 9.20 Å². The molecular weight excluding hydrogens is 342 g/mol. The normalized spacial score (nSPS) is 22.3. The van der Waals surface area contributed by atoms with Gasteiger partial charge in [-0.2, -0.15) is 0 Å². The van der Waals surface area contributed by atoms with Crippen LogP contribution in [0.2, 0.25) is 0 Å². The van der Waals surface area contributed by atoms with Crippen LogP contribution in [-0.2, 0) is 6.42 Å². The standard InChI is InChI=1S/C17H22BrN3O/c1-4-14-16(20-10-13(18)8-9-15(20)19-14)17(22)21-11(2)6-5-7-12(21)3/h8-12H,4-7H2,1-3H3. The van der Waals surface area contributed by atoms with E-state index in [1.165, 1.54) is 6.42 Å². The van der Waals surface area contributed by atoms with Crippen molar-refractivity contribution in [2.24, 2.45) is 0 Å². The molecule has 0 saturated carbocycles. The van der Waals surface area contributed by atoms with Crippen LogP contribution in [0.4, 0.5) is 0 Å². The topological polar surface area (TPSA) is 37.6 Å². The minimum absolute atomic E-state index is 0.113. The number of amides is 1. The summed E-state index contributed by atoms with van der Waals surface area (Å²) in [6, 6.07) is 4.49. The van der Waals surface area contributed by atoms with E-state index in [0.717, 1.165) is 40.8 Å². The molecule has 0 aromatic carbocycles. The number of nitrogens with zero attached hydrogens (tertiary/aromatic N) is 3. The molecule has 1 saturated heterocycles. The zero-order valence-corrected chi connectivity index (χ0v) is 14.9. The Kier molecular flexibility index (Phi) is 4.26. The van der Waals surface area contributed by atoms with Crippen molar-refractivity contribution in [3.8, 4) is 0 Å². The van der Waals surface area contributed by atoms with Crippen LogP contribution in [0.1, 0.15) is 56.2 Å². The van der Waals surface area contributed by atoms with Gasteiger partial charge in [-0.1, -0.05) is 6.92 Å². The summed E-state index contributed by atoms with van der Waals surface area (Å²) in [4.78, 5) is 19.9. The van der Waals surface area contributed by atoms with E-state index in [4.69, 9.17) is 0 Å². The fourth-order valence-electron chi connectivity index (χ4n) is 3.48. The molecule has 3 heterocycles. The minimum Gasteiger partial charge on any atom is -0.332 e. The Morgan fingerprint density at radius 3 is 2.64 bits per heavy atom. The first-order valence-corrected chi connectivity index (χ1v) is 8.81. The lowest BCUT2D eigenvalue weighted by Gasteiger charge is -2.39. The summed E-state index contributed by atoms with van der Waals surface area (Å²) in [6.45, 7) is 6.35. The maximum atomic E-state index is 13.2. The molecule has 118 valence electrons. The highest BCUT2D eigenvalue weighted by molar-refractivity contribution is 9.10. The molecule has 2 aromatic rings. The van der Waals surface area contributed by atoms with Gasteiger partial charge in [-0.05, 0) is 67.6 Å². The molecule has 1 amide bonds. The molecular formula is C17H22BrN3O. The molecule has 5 heteroatoms. The maximum absolute atomic E-state index is 13.2. The molecule has 2 atom stereocenters. The summed E-state index contributed by atoms with van der Waals surface area (Å²) in [5.74, 6) is 0.113. The number of piperidine rings is 1. The third-order valence-corrected chi connectivity index (χ3v) is 5.09. The van der Waals surface area contributed by atoms with Crippen molar-refractivity contribution in [3.63, 3.8) is 0 Å². The molecule has 3 rings (SSSR count). The quantitative estimate of drug-likeness (QED) is 0.806. The van der Waals surface area contributed by atoms with Crippen LogP contribution in [0.25, 0.3) is 5.65 Å². The van der Waals surface area contributed by atoms with Gasteiger partial charge in [0.15, 0.2) is 0 Å². The Hall–Kier alpha value is -1.36. The zero-order valence-electron chi connectivity index (χ0n) is 13.3. The molecule has 0 N–H and O–H groups in total. The SMILES string of the molecule is CCc1nc2ccc(Br)cn2c1C(=O)N1C(C)CCCC1C. The molecule has 0 aliphatic carbocycles. The van der Waals surface area contributed by atoms with E-state index < -0.39 is 0 Å². The summed E-state index contributed by atoms with van der Waals surface area (Å²) in [5.41, 5.74) is 2.44. The summed E-state index contributed by atoms with van der Waals surface area (Å²) in [6.07, 6.45) is 6.06.